The maximum absolute atomic E-state index is 14.1. The van der Waals surface area contributed by atoms with Crippen LogP contribution in [0.4, 0.5) is 5.69 Å². The Bertz CT molecular complexity index is 1460. The van der Waals surface area contributed by atoms with E-state index in [2.05, 4.69) is 96.9 Å². The van der Waals surface area contributed by atoms with E-state index in [1.807, 2.05) is 0 Å². The maximum atomic E-state index is 14.1. The van der Waals surface area contributed by atoms with Gasteiger partial charge in [0, 0.05) is 34.5 Å². The van der Waals surface area contributed by atoms with Gasteiger partial charge in [0.25, 0.3) is 0 Å². The van der Waals surface area contributed by atoms with E-state index in [0.29, 0.717) is 30.1 Å². The Morgan fingerprint density at radius 1 is 0.978 bits per heavy atom. The van der Waals surface area contributed by atoms with Crippen molar-refractivity contribution in [3.8, 4) is 0 Å². The third kappa shape index (κ3) is 4.80. The number of hydrogen-bond donors (Lipinski definition) is 4. The second-order valence-electron chi connectivity index (χ2n) is 17.7. The van der Waals surface area contributed by atoms with Crippen LogP contribution in [0.1, 0.15) is 112 Å². The topological polar surface area (TPSA) is 87.4 Å². The molecule has 5 heteroatoms. The van der Waals surface area contributed by atoms with Gasteiger partial charge in [0.05, 0.1) is 11.6 Å². The Labute approximate surface area is 279 Å². The average Bonchev–Trinajstić information content (AvgIpc) is 3.30. The summed E-state index contributed by atoms with van der Waals surface area (Å²) in [5, 5.41) is 18.1. The molecule has 1 aromatic rings. The van der Waals surface area contributed by atoms with Gasteiger partial charge in [0.15, 0.2) is 5.78 Å². The highest BCUT2D eigenvalue weighted by Gasteiger charge is 2.69. The van der Waals surface area contributed by atoms with E-state index in [0.717, 1.165) is 74.0 Å². The van der Waals surface area contributed by atoms with E-state index >= 15 is 0 Å². The van der Waals surface area contributed by atoms with Crippen LogP contribution in [0.2, 0.25) is 0 Å². The van der Waals surface area contributed by atoms with Crippen LogP contribution in [0.3, 0.4) is 0 Å². The first kappa shape index (κ1) is 33.5. The number of anilines is 1. The number of aryl methyl sites for hydroxylation is 1. The lowest BCUT2D eigenvalue weighted by Gasteiger charge is -2.69. The van der Waals surface area contributed by atoms with Crippen molar-refractivity contribution < 1.29 is 9.90 Å². The predicted molar refractivity (Wildman–Crippen MR) is 190 cm³/mol. The average molecular weight is 628 g/mol. The van der Waals surface area contributed by atoms with E-state index in [1.165, 1.54) is 11.1 Å². The minimum Gasteiger partial charge on any atom is -0.393 e. The number of allylic oxidation sites excluding steroid dienone is 2. The van der Waals surface area contributed by atoms with Crippen LogP contribution < -0.4 is 16.4 Å². The Kier molecular flexibility index (Phi) is 8.08. The highest BCUT2D eigenvalue weighted by molar-refractivity contribution is 6.01. The Morgan fingerprint density at radius 2 is 1.61 bits per heavy atom. The fourth-order valence-corrected chi connectivity index (χ4v) is 12.0. The second-order valence-corrected chi connectivity index (χ2v) is 17.7. The van der Waals surface area contributed by atoms with Gasteiger partial charge in [-0.15, -0.1) is 0 Å². The molecule has 0 radical (unpaired) electrons. The molecule has 0 saturated heterocycles. The van der Waals surface area contributed by atoms with E-state index in [9.17, 15) is 9.90 Å². The third-order valence-electron chi connectivity index (χ3n) is 14.5. The summed E-state index contributed by atoms with van der Waals surface area (Å²) in [7, 11) is 0. The molecule has 46 heavy (non-hydrogen) atoms. The molecule has 0 aliphatic heterocycles. The number of Topliss-reactive ketones (excluding diaryl/α,β-unsaturated/α-hetero) is 1. The number of aliphatic hydroxyl groups excluding tert-OH is 1. The van der Waals surface area contributed by atoms with Crippen LogP contribution >= 0.6 is 0 Å². The number of fused-ring (bicyclic) bond motifs is 7. The largest absolute Gasteiger partial charge is 0.393 e. The molecule has 6 rings (SSSR count). The summed E-state index contributed by atoms with van der Waals surface area (Å²) >= 11 is 0. The standard InChI is InChI=1S/C41H61N3O2/c1-24(2)35-32(46)23-40(28(6)44-37(7,8)27(5)43-29-13-11-25(3)12-14-29)21-17-34-39(10)19-15-30-26(4)31(45)16-20-38(30,9)33(39)18-22-41(34,42)36(35)40/h11-14,24,26,30-31,33-34,43-45H,5-6,15-23,42H2,1-4,7-10H3. The molecular formula is C41H61N3O2. The monoisotopic (exact) mass is 627 g/mol. The smallest absolute Gasteiger partial charge is 0.160 e. The summed E-state index contributed by atoms with van der Waals surface area (Å²) in [6, 6.07) is 8.36. The van der Waals surface area contributed by atoms with Gasteiger partial charge in [0.1, 0.15) is 0 Å². The van der Waals surface area contributed by atoms with Gasteiger partial charge in [-0.1, -0.05) is 65.5 Å². The van der Waals surface area contributed by atoms with Gasteiger partial charge in [-0.05, 0) is 136 Å². The van der Waals surface area contributed by atoms with Crippen molar-refractivity contribution in [1.29, 1.82) is 0 Å². The predicted octanol–water partition coefficient (Wildman–Crippen LogP) is 8.45. The van der Waals surface area contributed by atoms with E-state index in [1.54, 1.807) is 0 Å². The number of carbonyl (C=O) groups excluding carboxylic acids is 1. The van der Waals surface area contributed by atoms with Gasteiger partial charge < -0.3 is 21.5 Å². The molecule has 5 aliphatic carbocycles. The van der Waals surface area contributed by atoms with Crippen molar-refractivity contribution in [2.45, 2.75) is 130 Å². The van der Waals surface area contributed by atoms with Crippen molar-refractivity contribution in [1.82, 2.24) is 5.32 Å². The van der Waals surface area contributed by atoms with Gasteiger partial charge in [0.2, 0.25) is 0 Å². The van der Waals surface area contributed by atoms with Crippen LogP contribution in [-0.2, 0) is 4.79 Å². The lowest BCUT2D eigenvalue weighted by Crippen LogP contribution is -2.69. The number of benzene rings is 1. The molecule has 1 aromatic carbocycles. The van der Waals surface area contributed by atoms with E-state index < -0.39 is 16.5 Å². The number of hydrogen-bond acceptors (Lipinski definition) is 5. The van der Waals surface area contributed by atoms with Gasteiger partial charge in [-0.2, -0.15) is 0 Å². The first-order valence-electron chi connectivity index (χ1n) is 18.2. The zero-order valence-electron chi connectivity index (χ0n) is 30.0. The highest BCUT2D eigenvalue weighted by Crippen LogP contribution is 2.72. The molecule has 0 amide bonds. The number of nitrogens with one attached hydrogen (secondary N) is 2. The number of carbonyl (C=O) groups is 1. The first-order valence-corrected chi connectivity index (χ1v) is 18.2. The van der Waals surface area contributed by atoms with Crippen molar-refractivity contribution in [2.75, 3.05) is 5.32 Å². The molecule has 0 bridgehead atoms. The van der Waals surface area contributed by atoms with E-state index in [-0.39, 0.29) is 28.6 Å². The van der Waals surface area contributed by atoms with Crippen molar-refractivity contribution in [2.24, 2.45) is 51.6 Å². The Hall–Kier alpha value is -2.37. The summed E-state index contributed by atoms with van der Waals surface area (Å²) in [6.45, 7) is 27.3. The maximum Gasteiger partial charge on any atom is 0.160 e. The fraction of sp³-hybridized carbons (Fsp3) is 0.683. The molecule has 4 saturated carbocycles. The lowest BCUT2D eigenvalue weighted by atomic mass is 9.36. The SMILES string of the molecule is C=C(Nc1ccc(C)cc1)C(C)(C)NC(=C)C12CCC3C(N)(CCC4C5(C)CCC(O)C(C)C5CCC34C)C1=C(C(C)C)C(=O)C2. The van der Waals surface area contributed by atoms with Crippen molar-refractivity contribution in [3.63, 3.8) is 0 Å². The van der Waals surface area contributed by atoms with Crippen LogP contribution in [0.15, 0.2) is 60.0 Å². The molecule has 252 valence electrons. The van der Waals surface area contributed by atoms with Crippen LogP contribution in [-0.4, -0.2) is 28.1 Å². The summed E-state index contributed by atoms with van der Waals surface area (Å²) in [5.74, 6) is 2.18. The summed E-state index contributed by atoms with van der Waals surface area (Å²) < 4.78 is 0. The molecule has 0 aromatic heterocycles. The van der Waals surface area contributed by atoms with Gasteiger partial charge in [-0.25, -0.2) is 0 Å². The Morgan fingerprint density at radius 3 is 2.26 bits per heavy atom. The van der Waals surface area contributed by atoms with Crippen molar-refractivity contribution >= 4 is 11.5 Å². The van der Waals surface area contributed by atoms with Crippen LogP contribution in [0.25, 0.3) is 0 Å². The highest BCUT2D eigenvalue weighted by atomic mass is 16.3. The summed E-state index contributed by atoms with van der Waals surface area (Å²) in [5.41, 5.74) is 12.9. The third-order valence-corrected chi connectivity index (χ3v) is 14.5. The minimum atomic E-state index is -0.538. The second kappa shape index (κ2) is 11.1. The van der Waals surface area contributed by atoms with Gasteiger partial charge >= 0.3 is 0 Å². The number of nitrogens with two attached hydrogens (primary N) is 1. The summed E-state index contributed by atoms with van der Waals surface area (Å²) in [6.07, 6.45) is 8.50. The first-order chi connectivity index (χ1) is 21.4. The molecule has 0 spiro atoms. The molecular weight excluding hydrogens is 566 g/mol. The normalized spacial score (nSPS) is 40.5. The molecule has 5 N–H and O–H groups in total. The summed E-state index contributed by atoms with van der Waals surface area (Å²) in [4.78, 5) is 14.1. The quantitative estimate of drug-likeness (QED) is 0.244. The molecule has 4 fully saturated rings. The Balaban J connectivity index is 1.34. The lowest BCUT2D eigenvalue weighted by molar-refractivity contribution is -0.181. The van der Waals surface area contributed by atoms with Crippen LogP contribution in [0, 0.1) is 52.8 Å². The van der Waals surface area contributed by atoms with Gasteiger partial charge in [-0.3, -0.25) is 4.79 Å². The zero-order valence-corrected chi connectivity index (χ0v) is 30.0. The zero-order chi connectivity index (χ0) is 33.6. The van der Waals surface area contributed by atoms with Crippen LogP contribution in [0.5, 0.6) is 0 Å². The van der Waals surface area contributed by atoms with Crippen molar-refractivity contribution in [3.05, 3.63) is 65.5 Å². The fourth-order valence-electron chi connectivity index (χ4n) is 12.0. The van der Waals surface area contributed by atoms with E-state index in [4.69, 9.17) is 12.3 Å². The molecule has 9 unspecified atom stereocenters. The molecule has 0 heterocycles. The molecule has 5 nitrogen and oxygen atoms in total. The number of ketones is 1. The number of aliphatic hydroxyl groups is 1. The molecule has 5 aliphatic rings. The number of rotatable bonds is 7. The minimum absolute atomic E-state index is 0.105. The molecule has 9 atom stereocenters.